The van der Waals surface area contributed by atoms with Crippen LogP contribution < -0.4 is 5.32 Å². The summed E-state index contributed by atoms with van der Waals surface area (Å²) in [7, 11) is 0. The van der Waals surface area contributed by atoms with Gasteiger partial charge in [-0.1, -0.05) is 23.2 Å². The Kier molecular flexibility index (Phi) is 5.04. The lowest BCUT2D eigenvalue weighted by molar-refractivity contribution is 0.577. The van der Waals surface area contributed by atoms with E-state index in [0.29, 0.717) is 0 Å². The van der Waals surface area contributed by atoms with E-state index in [-0.39, 0.29) is 6.04 Å². The van der Waals surface area contributed by atoms with Crippen LogP contribution in [0.1, 0.15) is 29.2 Å². The van der Waals surface area contributed by atoms with Gasteiger partial charge in [-0.3, -0.25) is 0 Å². The summed E-state index contributed by atoms with van der Waals surface area (Å²) in [6.07, 6.45) is 0.943. The van der Waals surface area contributed by atoms with Gasteiger partial charge in [0.15, 0.2) is 0 Å². The molecule has 2 aromatic rings. The molecule has 2 aromatic heterocycles. The minimum atomic E-state index is 0.210. The number of thiazole rings is 1. The van der Waals surface area contributed by atoms with Crippen molar-refractivity contribution in [3.05, 3.63) is 36.4 Å². The quantitative estimate of drug-likeness (QED) is 0.862. The van der Waals surface area contributed by atoms with Gasteiger partial charge in [0.05, 0.1) is 13.7 Å². The molecule has 2 nitrogen and oxygen atoms in total. The molecule has 0 saturated heterocycles. The van der Waals surface area contributed by atoms with E-state index in [1.54, 1.807) is 11.3 Å². The Hall–Kier alpha value is -0.130. The van der Waals surface area contributed by atoms with Gasteiger partial charge in [0.25, 0.3) is 0 Å². The first kappa shape index (κ1) is 14.3. The average molecular weight is 321 g/mol. The Morgan fingerprint density at radius 2 is 2.22 bits per heavy atom. The van der Waals surface area contributed by atoms with Crippen LogP contribution in [0, 0.1) is 6.92 Å². The highest BCUT2D eigenvalue weighted by molar-refractivity contribution is 7.20. The Balaban J connectivity index is 1.85. The number of hydrogen-bond donors (Lipinski definition) is 1. The van der Waals surface area contributed by atoms with Crippen LogP contribution in [0.15, 0.2) is 11.4 Å². The maximum atomic E-state index is 6.12. The van der Waals surface area contributed by atoms with Crippen LogP contribution >= 0.6 is 45.9 Å². The molecular weight excluding hydrogens is 307 g/mol. The largest absolute Gasteiger partial charge is 0.310 e. The lowest BCUT2D eigenvalue weighted by Crippen LogP contribution is -2.21. The number of halogens is 2. The molecule has 0 spiro atoms. The second kappa shape index (κ2) is 6.35. The van der Waals surface area contributed by atoms with Crippen molar-refractivity contribution in [1.29, 1.82) is 0 Å². The summed E-state index contributed by atoms with van der Waals surface area (Å²) in [5.74, 6) is 0. The molecule has 0 amide bonds. The predicted octanol–water partition coefficient (Wildman–Crippen LogP) is 4.71. The van der Waals surface area contributed by atoms with Gasteiger partial charge in [-0.15, -0.1) is 22.7 Å². The second-order valence-electron chi connectivity index (χ2n) is 4.09. The smallest absolute Gasteiger partial charge is 0.0991 e. The van der Waals surface area contributed by atoms with Crippen LogP contribution in [0.3, 0.4) is 0 Å². The molecular formula is C12H14Cl2N2S2. The number of aryl methyl sites for hydroxylation is 1. The van der Waals surface area contributed by atoms with Crippen LogP contribution in [0.25, 0.3) is 0 Å². The fourth-order valence-electron chi connectivity index (χ4n) is 1.67. The first-order chi connectivity index (χ1) is 8.56. The topological polar surface area (TPSA) is 24.9 Å². The first-order valence-electron chi connectivity index (χ1n) is 5.65. The zero-order chi connectivity index (χ0) is 13.1. The van der Waals surface area contributed by atoms with Crippen molar-refractivity contribution >= 4 is 45.9 Å². The minimum absolute atomic E-state index is 0.210. The van der Waals surface area contributed by atoms with Gasteiger partial charge >= 0.3 is 0 Å². The van der Waals surface area contributed by atoms with Crippen LogP contribution in [-0.2, 0) is 6.42 Å². The number of hydrogen-bond acceptors (Lipinski definition) is 4. The summed E-state index contributed by atoms with van der Waals surface area (Å²) >= 11 is 15.2. The van der Waals surface area contributed by atoms with Crippen molar-refractivity contribution in [2.45, 2.75) is 26.3 Å². The highest BCUT2D eigenvalue weighted by Crippen LogP contribution is 2.34. The molecule has 2 heterocycles. The Morgan fingerprint density at radius 1 is 1.44 bits per heavy atom. The standard InChI is InChI=1S/C12H14Cl2N2S2/c1-7-6-17-11(16-7)3-4-15-8(2)9-5-10(13)18-12(9)14/h5-6,8,15H,3-4H2,1-2H3. The lowest BCUT2D eigenvalue weighted by Gasteiger charge is -2.12. The van der Waals surface area contributed by atoms with Crippen molar-refractivity contribution in [2.24, 2.45) is 0 Å². The van der Waals surface area contributed by atoms with Gasteiger partial charge in [0.2, 0.25) is 0 Å². The van der Waals surface area contributed by atoms with Gasteiger partial charge in [-0.25, -0.2) is 4.98 Å². The summed E-state index contributed by atoms with van der Waals surface area (Å²) in [6.45, 7) is 5.00. The van der Waals surface area contributed by atoms with E-state index >= 15 is 0 Å². The van der Waals surface area contributed by atoms with Crippen LogP contribution in [0.2, 0.25) is 8.67 Å². The molecule has 1 atom stereocenters. The van der Waals surface area contributed by atoms with Crippen molar-refractivity contribution in [1.82, 2.24) is 10.3 Å². The second-order valence-corrected chi connectivity index (χ2v) is 7.32. The van der Waals surface area contributed by atoms with E-state index in [1.807, 2.05) is 13.0 Å². The SMILES string of the molecule is Cc1csc(CCNC(C)c2cc(Cl)sc2Cl)n1. The number of thiophene rings is 1. The van der Waals surface area contributed by atoms with E-state index in [1.165, 1.54) is 16.3 Å². The number of nitrogens with one attached hydrogen (secondary N) is 1. The Bertz CT molecular complexity index is 522. The fourth-order valence-corrected chi connectivity index (χ4v) is 4.09. The molecule has 0 aliphatic heterocycles. The first-order valence-corrected chi connectivity index (χ1v) is 8.10. The molecule has 0 aliphatic rings. The van der Waals surface area contributed by atoms with E-state index in [4.69, 9.17) is 23.2 Å². The molecule has 1 unspecified atom stereocenters. The van der Waals surface area contributed by atoms with Crippen molar-refractivity contribution in [2.75, 3.05) is 6.54 Å². The third-order valence-electron chi connectivity index (χ3n) is 2.61. The van der Waals surface area contributed by atoms with Gasteiger partial charge in [-0.05, 0) is 25.5 Å². The van der Waals surface area contributed by atoms with Gasteiger partial charge in [-0.2, -0.15) is 0 Å². The molecule has 98 valence electrons. The molecule has 0 radical (unpaired) electrons. The average Bonchev–Trinajstić information content (AvgIpc) is 2.85. The molecule has 0 saturated carbocycles. The zero-order valence-corrected chi connectivity index (χ0v) is 13.3. The molecule has 0 aliphatic carbocycles. The molecule has 2 rings (SSSR count). The number of nitrogens with zero attached hydrogens (tertiary/aromatic N) is 1. The number of rotatable bonds is 5. The van der Waals surface area contributed by atoms with E-state index in [0.717, 1.165) is 32.9 Å². The summed E-state index contributed by atoms with van der Waals surface area (Å²) in [5, 5.41) is 6.69. The summed E-state index contributed by atoms with van der Waals surface area (Å²) < 4.78 is 1.50. The summed E-state index contributed by atoms with van der Waals surface area (Å²) in [6, 6.07) is 2.14. The van der Waals surface area contributed by atoms with Crippen molar-refractivity contribution in [3.8, 4) is 0 Å². The molecule has 0 bridgehead atoms. The summed E-state index contributed by atoms with van der Waals surface area (Å²) in [4.78, 5) is 4.44. The van der Waals surface area contributed by atoms with Crippen LogP contribution in [0.4, 0.5) is 0 Å². The van der Waals surface area contributed by atoms with Crippen LogP contribution in [-0.4, -0.2) is 11.5 Å². The number of aromatic nitrogens is 1. The van der Waals surface area contributed by atoms with Gasteiger partial charge < -0.3 is 5.32 Å². The highest BCUT2D eigenvalue weighted by atomic mass is 35.5. The summed E-state index contributed by atoms with van der Waals surface area (Å²) in [5.41, 5.74) is 2.16. The lowest BCUT2D eigenvalue weighted by atomic mass is 10.2. The van der Waals surface area contributed by atoms with Gasteiger partial charge in [0, 0.05) is 30.1 Å². The normalized spacial score (nSPS) is 12.9. The Morgan fingerprint density at radius 3 is 2.78 bits per heavy atom. The monoisotopic (exact) mass is 320 g/mol. The van der Waals surface area contributed by atoms with Gasteiger partial charge in [0.1, 0.15) is 0 Å². The third kappa shape index (κ3) is 3.68. The molecule has 0 aromatic carbocycles. The highest BCUT2D eigenvalue weighted by Gasteiger charge is 2.12. The fraction of sp³-hybridized carbons (Fsp3) is 0.417. The van der Waals surface area contributed by atoms with E-state index in [2.05, 4.69) is 22.6 Å². The molecule has 18 heavy (non-hydrogen) atoms. The third-order valence-corrected chi connectivity index (χ3v) is 5.15. The maximum Gasteiger partial charge on any atom is 0.0991 e. The van der Waals surface area contributed by atoms with E-state index < -0.39 is 0 Å². The van der Waals surface area contributed by atoms with E-state index in [9.17, 15) is 0 Å². The Labute approximate surface area is 125 Å². The molecule has 0 fully saturated rings. The predicted molar refractivity (Wildman–Crippen MR) is 81.3 cm³/mol. The minimum Gasteiger partial charge on any atom is -0.310 e. The zero-order valence-electron chi connectivity index (χ0n) is 10.2. The molecule has 1 N–H and O–H groups in total. The molecule has 6 heteroatoms. The van der Waals surface area contributed by atoms with Crippen LogP contribution in [0.5, 0.6) is 0 Å². The van der Waals surface area contributed by atoms with Crippen molar-refractivity contribution < 1.29 is 0 Å². The van der Waals surface area contributed by atoms with Crippen molar-refractivity contribution in [3.63, 3.8) is 0 Å². The maximum absolute atomic E-state index is 6.12.